The topological polar surface area (TPSA) is 96.0 Å². The van der Waals surface area contributed by atoms with E-state index in [9.17, 15) is 18.0 Å². The van der Waals surface area contributed by atoms with Crippen LogP contribution in [0.15, 0.2) is 78.9 Å². The average Bonchev–Trinajstić information content (AvgIpc) is 2.92. The minimum absolute atomic E-state index is 0.0583. The van der Waals surface area contributed by atoms with Crippen LogP contribution in [0, 0.1) is 6.92 Å². The molecule has 0 fully saturated rings. The van der Waals surface area contributed by atoms with E-state index in [2.05, 4.69) is 5.32 Å². The van der Waals surface area contributed by atoms with Crippen molar-refractivity contribution in [1.82, 2.24) is 10.2 Å². The second-order valence-electron chi connectivity index (χ2n) is 11.8. The van der Waals surface area contributed by atoms with E-state index in [1.54, 1.807) is 29.2 Å². The van der Waals surface area contributed by atoms with Crippen LogP contribution in [0.2, 0.25) is 0 Å². The van der Waals surface area contributed by atoms with Crippen molar-refractivity contribution in [3.63, 3.8) is 0 Å². The summed E-state index contributed by atoms with van der Waals surface area (Å²) in [6.07, 6.45) is 1.81. The van der Waals surface area contributed by atoms with Crippen molar-refractivity contribution in [2.45, 2.75) is 72.0 Å². The third-order valence-electron chi connectivity index (χ3n) is 6.79. The van der Waals surface area contributed by atoms with Gasteiger partial charge in [0.25, 0.3) is 0 Å². The molecule has 0 aromatic heterocycles. The van der Waals surface area contributed by atoms with Gasteiger partial charge in [-0.2, -0.15) is 0 Å². The maximum absolute atomic E-state index is 14.0. The van der Waals surface area contributed by atoms with Gasteiger partial charge in [0.15, 0.2) is 0 Å². The third kappa shape index (κ3) is 10.4. The maximum atomic E-state index is 14.0. The van der Waals surface area contributed by atoms with Crippen LogP contribution in [0.5, 0.6) is 5.75 Å². The predicted molar refractivity (Wildman–Crippen MR) is 173 cm³/mol. The van der Waals surface area contributed by atoms with Crippen LogP contribution < -0.4 is 14.4 Å². The summed E-state index contributed by atoms with van der Waals surface area (Å²) >= 11 is 0. The zero-order valence-electron chi connectivity index (χ0n) is 26.2. The fraction of sp³-hybridized carbons (Fsp3) is 0.412. The molecule has 232 valence electrons. The molecule has 43 heavy (non-hydrogen) atoms. The first-order valence-electron chi connectivity index (χ1n) is 14.7. The van der Waals surface area contributed by atoms with E-state index in [1.807, 2.05) is 89.2 Å². The van der Waals surface area contributed by atoms with Gasteiger partial charge in [-0.05, 0) is 64.3 Å². The molecule has 0 aliphatic rings. The van der Waals surface area contributed by atoms with Gasteiger partial charge in [-0.25, -0.2) is 8.42 Å². The number of benzene rings is 3. The number of hydrogen-bond acceptors (Lipinski definition) is 5. The summed E-state index contributed by atoms with van der Waals surface area (Å²) in [5.74, 6) is 0.00315. The zero-order chi connectivity index (χ0) is 31.6. The van der Waals surface area contributed by atoms with Gasteiger partial charge in [0, 0.05) is 31.5 Å². The highest BCUT2D eigenvalue weighted by Crippen LogP contribution is 2.30. The van der Waals surface area contributed by atoms with E-state index in [4.69, 9.17) is 4.74 Å². The van der Waals surface area contributed by atoms with E-state index in [0.29, 0.717) is 24.5 Å². The van der Waals surface area contributed by atoms with Crippen molar-refractivity contribution in [2.75, 3.05) is 23.7 Å². The molecular formula is C34H45N3O5S. The van der Waals surface area contributed by atoms with Crippen LogP contribution in [0.4, 0.5) is 5.69 Å². The first-order valence-corrected chi connectivity index (χ1v) is 16.5. The number of hydrogen-bond donors (Lipinski definition) is 1. The molecular weight excluding hydrogens is 562 g/mol. The molecule has 3 rings (SSSR count). The lowest BCUT2D eigenvalue weighted by Gasteiger charge is -2.34. The van der Waals surface area contributed by atoms with Crippen LogP contribution in [-0.4, -0.2) is 56.1 Å². The number of carbonyl (C=O) groups excluding carboxylic acids is 2. The number of carbonyl (C=O) groups is 2. The molecule has 0 bridgehead atoms. The molecule has 0 spiro atoms. The summed E-state index contributed by atoms with van der Waals surface area (Å²) in [7, 11) is -3.66. The van der Waals surface area contributed by atoms with Gasteiger partial charge in [0.1, 0.15) is 11.8 Å². The Morgan fingerprint density at radius 1 is 0.930 bits per heavy atom. The van der Waals surface area contributed by atoms with E-state index in [1.165, 1.54) is 4.31 Å². The van der Waals surface area contributed by atoms with E-state index < -0.39 is 21.6 Å². The lowest BCUT2D eigenvalue weighted by Crippen LogP contribution is -2.54. The Hall–Kier alpha value is -3.85. The first kappa shape index (κ1) is 33.6. The molecule has 0 aliphatic heterocycles. The molecule has 0 aliphatic carbocycles. The Balaban J connectivity index is 1.92. The van der Waals surface area contributed by atoms with Crippen molar-refractivity contribution >= 4 is 27.5 Å². The number of sulfonamides is 1. The predicted octanol–water partition coefficient (Wildman–Crippen LogP) is 5.49. The van der Waals surface area contributed by atoms with Crippen LogP contribution in [0.1, 0.15) is 57.2 Å². The quantitative estimate of drug-likeness (QED) is 0.261. The average molecular weight is 608 g/mol. The molecule has 1 N–H and O–H groups in total. The molecule has 3 aromatic rings. The van der Waals surface area contributed by atoms with E-state index in [-0.39, 0.29) is 37.7 Å². The summed E-state index contributed by atoms with van der Waals surface area (Å²) in [5.41, 5.74) is 2.85. The molecule has 0 saturated heterocycles. The minimum Gasteiger partial charge on any atom is -0.492 e. The first-order chi connectivity index (χ1) is 20.3. The van der Waals surface area contributed by atoms with Crippen molar-refractivity contribution < 1.29 is 22.7 Å². The van der Waals surface area contributed by atoms with Crippen LogP contribution in [-0.2, 0) is 32.6 Å². The molecule has 0 heterocycles. The normalized spacial score (nSPS) is 12.3. The fourth-order valence-corrected chi connectivity index (χ4v) is 5.91. The van der Waals surface area contributed by atoms with Gasteiger partial charge in [-0.1, -0.05) is 72.3 Å². The lowest BCUT2D eigenvalue weighted by atomic mass is 10.00. The van der Waals surface area contributed by atoms with Gasteiger partial charge in [0.2, 0.25) is 21.8 Å². The second-order valence-corrected chi connectivity index (χ2v) is 13.7. The summed E-state index contributed by atoms with van der Waals surface area (Å²) in [6, 6.07) is 23.8. The standard InChI is InChI=1S/C34H45N3O5S/c1-7-42-31-20-12-11-19-29(31)37(43(6,40)41)22-14-21-32(38)36(25-28-18-13-15-26(2)23-28)30(33(39)35-34(3,4)5)24-27-16-9-8-10-17-27/h8-13,15-20,23,30H,7,14,21-22,24-25H2,1-6H3,(H,35,39)/t30-/m0/s1. The van der Waals surface area contributed by atoms with Crippen LogP contribution >= 0.6 is 0 Å². The van der Waals surface area contributed by atoms with E-state index in [0.717, 1.165) is 22.9 Å². The monoisotopic (exact) mass is 607 g/mol. The highest BCUT2D eigenvalue weighted by molar-refractivity contribution is 7.92. The third-order valence-corrected chi connectivity index (χ3v) is 7.97. The smallest absolute Gasteiger partial charge is 0.243 e. The van der Waals surface area contributed by atoms with Crippen molar-refractivity contribution in [3.05, 3.63) is 95.6 Å². The van der Waals surface area contributed by atoms with Crippen molar-refractivity contribution in [3.8, 4) is 5.75 Å². The number of nitrogens with zero attached hydrogens (tertiary/aromatic N) is 2. The van der Waals surface area contributed by atoms with Crippen LogP contribution in [0.3, 0.4) is 0 Å². The molecule has 2 amide bonds. The van der Waals surface area contributed by atoms with Gasteiger partial charge in [-0.3, -0.25) is 13.9 Å². The van der Waals surface area contributed by atoms with Crippen molar-refractivity contribution in [1.29, 1.82) is 0 Å². The molecule has 0 unspecified atom stereocenters. The van der Waals surface area contributed by atoms with Crippen molar-refractivity contribution in [2.24, 2.45) is 0 Å². The number of aryl methyl sites for hydroxylation is 1. The molecule has 9 heteroatoms. The Morgan fingerprint density at radius 3 is 2.21 bits per heavy atom. The highest BCUT2D eigenvalue weighted by atomic mass is 32.2. The number of ether oxygens (including phenoxy) is 1. The maximum Gasteiger partial charge on any atom is 0.243 e. The number of para-hydroxylation sites is 2. The molecule has 0 radical (unpaired) electrons. The Labute approximate surface area is 257 Å². The largest absolute Gasteiger partial charge is 0.492 e. The number of anilines is 1. The SMILES string of the molecule is CCOc1ccccc1N(CCCC(=O)N(Cc1cccc(C)c1)[C@@H](Cc1ccccc1)C(=O)NC(C)(C)C)S(C)(=O)=O. The Morgan fingerprint density at radius 2 is 1.58 bits per heavy atom. The zero-order valence-corrected chi connectivity index (χ0v) is 27.0. The highest BCUT2D eigenvalue weighted by Gasteiger charge is 2.32. The summed E-state index contributed by atoms with van der Waals surface area (Å²) in [5, 5.41) is 3.07. The molecule has 1 atom stereocenters. The molecule has 3 aromatic carbocycles. The summed E-state index contributed by atoms with van der Waals surface area (Å²) < 4.78 is 32.6. The van der Waals surface area contributed by atoms with Crippen LogP contribution in [0.25, 0.3) is 0 Å². The Kier molecular flexibility index (Phi) is 11.8. The summed E-state index contributed by atoms with van der Waals surface area (Å²) in [4.78, 5) is 29.4. The summed E-state index contributed by atoms with van der Waals surface area (Å²) in [6.45, 7) is 10.3. The molecule has 8 nitrogen and oxygen atoms in total. The second kappa shape index (κ2) is 15.0. The fourth-order valence-electron chi connectivity index (χ4n) is 4.94. The minimum atomic E-state index is -3.66. The van der Waals surface area contributed by atoms with Gasteiger partial charge < -0.3 is 15.0 Å². The Bertz CT molecular complexity index is 1470. The number of amides is 2. The number of nitrogens with one attached hydrogen (secondary N) is 1. The lowest BCUT2D eigenvalue weighted by molar-refractivity contribution is -0.142. The van der Waals surface area contributed by atoms with Gasteiger partial charge >= 0.3 is 0 Å². The van der Waals surface area contributed by atoms with Gasteiger partial charge in [-0.15, -0.1) is 0 Å². The van der Waals surface area contributed by atoms with Gasteiger partial charge in [0.05, 0.1) is 18.6 Å². The molecule has 0 saturated carbocycles. The van der Waals surface area contributed by atoms with E-state index >= 15 is 0 Å². The number of rotatable bonds is 14.